The van der Waals surface area contributed by atoms with Crippen molar-refractivity contribution in [3.05, 3.63) is 96.6 Å². The molecule has 1 heterocycles. The van der Waals surface area contributed by atoms with Crippen molar-refractivity contribution in [2.45, 2.75) is 16.6 Å². The third-order valence-corrected chi connectivity index (χ3v) is 7.18. The zero-order chi connectivity index (χ0) is 26.6. The summed E-state index contributed by atoms with van der Waals surface area (Å²) in [7, 11) is 0. The maximum absolute atomic E-state index is 13.0. The number of benzene rings is 4. The van der Waals surface area contributed by atoms with Crippen LogP contribution in [0.2, 0.25) is 0 Å². The lowest BCUT2D eigenvalue weighted by molar-refractivity contribution is -0.121. The van der Waals surface area contributed by atoms with Gasteiger partial charge >= 0.3 is 5.97 Å². The Kier molecular flexibility index (Phi) is 7.10. The molecule has 5 rings (SSSR count). The number of thioether (sulfide) groups is 1. The van der Waals surface area contributed by atoms with E-state index in [0.29, 0.717) is 17.1 Å². The van der Waals surface area contributed by atoms with Gasteiger partial charge < -0.3 is 15.8 Å². The van der Waals surface area contributed by atoms with Gasteiger partial charge in [-0.15, -0.1) is 11.8 Å². The molecule has 1 fully saturated rings. The Hall–Kier alpha value is -4.63. The van der Waals surface area contributed by atoms with Gasteiger partial charge in [0.15, 0.2) is 6.61 Å². The highest BCUT2D eigenvalue weighted by Gasteiger charge is 2.40. The van der Waals surface area contributed by atoms with E-state index in [0.717, 1.165) is 20.6 Å². The average Bonchev–Trinajstić information content (AvgIpc) is 3.19. The molecule has 0 aromatic heterocycles. The number of nitrogens with zero attached hydrogens (tertiary/aromatic N) is 1. The molecule has 190 valence electrons. The van der Waals surface area contributed by atoms with Gasteiger partial charge in [-0.3, -0.25) is 14.4 Å². The molecule has 1 saturated heterocycles. The highest BCUT2D eigenvalue weighted by atomic mass is 32.2. The molecule has 38 heavy (non-hydrogen) atoms. The molecule has 0 radical (unpaired) electrons. The van der Waals surface area contributed by atoms with Gasteiger partial charge in [0.05, 0.1) is 16.5 Å². The maximum Gasteiger partial charge on any atom is 0.338 e. The van der Waals surface area contributed by atoms with E-state index in [1.54, 1.807) is 24.3 Å². The van der Waals surface area contributed by atoms with E-state index in [1.165, 1.54) is 36.0 Å². The fourth-order valence-electron chi connectivity index (χ4n) is 4.20. The van der Waals surface area contributed by atoms with Crippen molar-refractivity contribution in [1.82, 2.24) is 0 Å². The van der Waals surface area contributed by atoms with Crippen LogP contribution in [0.1, 0.15) is 16.8 Å². The summed E-state index contributed by atoms with van der Waals surface area (Å²) in [5, 5.41) is 4.06. The Balaban J connectivity index is 1.18. The minimum Gasteiger partial charge on any atom is -0.452 e. The van der Waals surface area contributed by atoms with Crippen LogP contribution in [0.15, 0.2) is 95.9 Å². The second kappa shape index (κ2) is 10.8. The summed E-state index contributed by atoms with van der Waals surface area (Å²) in [6, 6.07) is 26.3. The van der Waals surface area contributed by atoms with Gasteiger partial charge in [0, 0.05) is 28.1 Å². The van der Waals surface area contributed by atoms with E-state index in [1.807, 2.05) is 42.5 Å². The molecule has 8 nitrogen and oxygen atoms in total. The molecule has 9 heteroatoms. The van der Waals surface area contributed by atoms with Gasteiger partial charge in [-0.2, -0.15) is 0 Å². The predicted octanol–water partition coefficient (Wildman–Crippen LogP) is 4.64. The molecule has 0 saturated carbocycles. The van der Waals surface area contributed by atoms with E-state index >= 15 is 0 Å². The summed E-state index contributed by atoms with van der Waals surface area (Å²) in [5.41, 5.74) is 7.57. The van der Waals surface area contributed by atoms with Crippen molar-refractivity contribution < 1.29 is 23.9 Å². The van der Waals surface area contributed by atoms with Crippen molar-refractivity contribution in [2.24, 2.45) is 0 Å². The maximum atomic E-state index is 13.0. The highest BCUT2D eigenvalue weighted by Crippen LogP contribution is 2.34. The van der Waals surface area contributed by atoms with Crippen molar-refractivity contribution in [3.8, 4) is 0 Å². The van der Waals surface area contributed by atoms with Crippen LogP contribution in [0.25, 0.3) is 10.8 Å². The number of nitrogens with one attached hydrogen (secondary N) is 1. The van der Waals surface area contributed by atoms with Crippen molar-refractivity contribution >= 4 is 63.3 Å². The minimum atomic E-state index is -0.696. The second-order valence-corrected chi connectivity index (χ2v) is 9.92. The third-order valence-electron chi connectivity index (χ3n) is 6.00. The fourth-order valence-corrected chi connectivity index (χ4v) is 5.32. The fraction of sp³-hybridized carbons (Fsp3) is 0.103. The molecular formula is C29H23N3O5S. The lowest BCUT2D eigenvalue weighted by Crippen LogP contribution is -2.31. The molecule has 0 spiro atoms. The van der Waals surface area contributed by atoms with Crippen molar-refractivity contribution in [3.63, 3.8) is 0 Å². The Bertz CT molecular complexity index is 1550. The largest absolute Gasteiger partial charge is 0.452 e. The first-order valence-electron chi connectivity index (χ1n) is 11.8. The first-order chi connectivity index (χ1) is 18.4. The number of nitrogens with two attached hydrogens (primary N) is 1. The van der Waals surface area contributed by atoms with Gasteiger partial charge in [0.2, 0.25) is 11.8 Å². The Morgan fingerprint density at radius 1 is 0.947 bits per heavy atom. The van der Waals surface area contributed by atoms with Gasteiger partial charge in [-0.1, -0.05) is 42.5 Å². The second-order valence-electron chi connectivity index (χ2n) is 8.65. The number of anilines is 3. The first-order valence-corrected chi connectivity index (χ1v) is 12.7. The summed E-state index contributed by atoms with van der Waals surface area (Å²) >= 11 is 1.29. The minimum absolute atomic E-state index is 0.0634. The zero-order valence-corrected chi connectivity index (χ0v) is 20.9. The lowest BCUT2D eigenvalue weighted by atomic mass is 10.1. The molecule has 1 aliphatic rings. The molecular weight excluding hydrogens is 502 g/mol. The standard InChI is InChI=1S/C29H23N3O5S/c30-20-7-4-8-22(15-20)38-25-16-27(34)32(28(25)35)21-13-11-19(12-14-21)29(36)37-17-26(33)31-24-10-3-6-18-5-1-2-9-23(18)24/h1-15,25H,16-17,30H2,(H,31,33). The number of nitrogen functional groups attached to an aromatic ring is 1. The summed E-state index contributed by atoms with van der Waals surface area (Å²) in [6.07, 6.45) is 0.0634. The van der Waals surface area contributed by atoms with Gasteiger partial charge in [-0.05, 0) is 53.9 Å². The molecule has 3 N–H and O–H groups in total. The van der Waals surface area contributed by atoms with Crippen LogP contribution in [-0.2, 0) is 19.1 Å². The van der Waals surface area contributed by atoms with Crippen molar-refractivity contribution in [2.75, 3.05) is 22.6 Å². The van der Waals surface area contributed by atoms with Crippen LogP contribution in [-0.4, -0.2) is 35.5 Å². The molecule has 1 atom stereocenters. The van der Waals surface area contributed by atoms with E-state index < -0.39 is 23.7 Å². The van der Waals surface area contributed by atoms with E-state index in [4.69, 9.17) is 10.5 Å². The van der Waals surface area contributed by atoms with Gasteiger partial charge in [0.25, 0.3) is 5.91 Å². The number of ether oxygens (including phenoxy) is 1. The van der Waals surface area contributed by atoms with E-state index in [-0.39, 0.29) is 23.8 Å². The lowest BCUT2D eigenvalue weighted by Gasteiger charge is -2.15. The number of imide groups is 1. The quantitative estimate of drug-likeness (QED) is 0.205. The Morgan fingerprint density at radius 2 is 1.68 bits per heavy atom. The number of hydrogen-bond donors (Lipinski definition) is 2. The van der Waals surface area contributed by atoms with Crippen LogP contribution < -0.4 is 16.0 Å². The van der Waals surface area contributed by atoms with Gasteiger partial charge in [-0.25, -0.2) is 9.69 Å². The molecule has 0 aliphatic carbocycles. The van der Waals surface area contributed by atoms with E-state index in [9.17, 15) is 19.2 Å². The first kappa shape index (κ1) is 25.0. The van der Waals surface area contributed by atoms with Crippen LogP contribution in [0.5, 0.6) is 0 Å². The smallest absolute Gasteiger partial charge is 0.338 e. The number of esters is 1. The van der Waals surface area contributed by atoms with Gasteiger partial charge in [0.1, 0.15) is 0 Å². The SMILES string of the molecule is Nc1cccc(SC2CC(=O)N(c3ccc(C(=O)OCC(=O)Nc4cccc5ccccc45)cc3)C2=O)c1. The predicted molar refractivity (Wildman–Crippen MR) is 147 cm³/mol. The molecule has 0 bridgehead atoms. The monoisotopic (exact) mass is 525 g/mol. The third kappa shape index (κ3) is 5.37. The Labute approximate surface area is 222 Å². The number of fused-ring (bicyclic) bond motifs is 1. The summed E-state index contributed by atoms with van der Waals surface area (Å²) in [4.78, 5) is 52.4. The number of carbonyl (C=O) groups excluding carboxylic acids is 4. The van der Waals surface area contributed by atoms with Crippen LogP contribution in [0.3, 0.4) is 0 Å². The Morgan fingerprint density at radius 3 is 2.47 bits per heavy atom. The zero-order valence-electron chi connectivity index (χ0n) is 20.1. The number of carbonyl (C=O) groups is 4. The molecule has 4 aromatic rings. The number of amides is 3. The van der Waals surface area contributed by atoms with Crippen LogP contribution >= 0.6 is 11.8 Å². The number of hydrogen-bond acceptors (Lipinski definition) is 7. The molecule has 1 aliphatic heterocycles. The van der Waals surface area contributed by atoms with Crippen LogP contribution in [0.4, 0.5) is 17.1 Å². The van der Waals surface area contributed by atoms with Crippen LogP contribution in [0, 0.1) is 0 Å². The van der Waals surface area contributed by atoms with Crippen molar-refractivity contribution in [1.29, 1.82) is 0 Å². The van der Waals surface area contributed by atoms with E-state index in [2.05, 4.69) is 5.32 Å². The normalized spacial score (nSPS) is 15.1. The molecule has 4 aromatic carbocycles. The number of rotatable bonds is 7. The topological polar surface area (TPSA) is 119 Å². The summed E-state index contributed by atoms with van der Waals surface area (Å²) in [6.45, 7) is -0.462. The average molecular weight is 526 g/mol. The highest BCUT2D eigenvalue weighted by molar-refractivity contribution is 8.00. The summed E-state index contributed by atoms with van der Waals surface area (Å²) in [5.74, 6) is -1.82. The molecule has 3 amide bonds. The summed E-state index contributed by atoms with van der Waals surface area (Å²) < 4.78 is 5.16. The molecule has 1 unspecified atom stereocenters.